The fourth-order valence-electron chi connectivity index (χ4n) is 1.75. The molecular weight excluding hydrogens is 256 g/mol. The minimum atomic E-state index is -0.0744. The van der Waals surface area contributed by atoms with Crippen LogP contribution in [0.3, 0.4) is 0 Å². The molecule has 0 saturated heterocycles. The van der Waals surface area contributed by atoms with Crippen molar-refractivity contribution in [1.82, 2.24) is 19.7 Å². The van der Waals surface area contributed by atoms with Crippen molar-refractivity contribution in [2.45, 2.75) is 6.54 Å². The summed E-state index contributed by atoms with van der Waals surface area (Å²) in [4.78, 5) is 17.4. The molecule has 0 unspecified atom stereocenters. The van der Waals surface area contributed by atoms with Gasteiger partial charge in [0, 0.05) is 26.7 Å². The normalized spacial score (nSPS) is 10.3. The maximum atomic E-state index is 11.8. The summed E-state index contributed by atoms with van der Waals surface area (Å²) < 4.78 is 1.64. The lowest BCUT2D eigenvalue weighted by Gasteiger charge is -2.13. The number of aromatic nitrogens is 3. The number of nitrogens with two attached hydrogens (primary N) is 1. The first kappa shape index (κ1) is 13.9. The highest BCUT2D eigenvalue weighted by molar-refractivity contribution is 5.95. The van der Waals surface area contributed by atoms with E-state index in [1.54, 1.807) is 43.3 Å². The van der Waals surface area contributed by atoms with Crippen molar-refractivity contribution in [2.24, 2.45) is 7.05 Å². The fraction of sp³-hybridized carbons (Fsp3) is 0.308. The summed E-state index contributed by atoms with van der Waals surface area (Å²) in [6.07, 6.45) is 1.64. The van der Waals surface area contributed by atoms with Crippen LogP contribution in [0.2, 0.25) is 0 Å². The van der Waals surface area contributed by atoms with Gasteiger partial charge < -0.3 is 16.0 Å². The van der Waals surface area contributed by atoms with E-state index in [1.807, 2.05) is 7.05 Å². The van der Waals surface area contributed by atoms with Gasteiger partial charge >= 0.3 is 0 Å². The fourth-order valence-corrected chi connectivity index (χ4v) is 1.75. The average Bonchev–Trinajstić information content (AvgIpc) is 2.82. The number of anilines is 2. The van der Waals surface area contributed by atoms with Crippen molar-refractivity contribution in [2.75, 3.05) is 25.1 Å². The topological polar surface area (TPSA) is 89.1 Å². The zero-order valence-electron chi connectivity index (χ0n) is 11.8. The molecule has 1 heterocycles. The SMILES string of the molecule is CN(C)C(=O)c1ccc(NCc2ncn(C)n2)c(N)c1. The second kappa shape index (κ2) is 5.60. The Hall–Kier alpha value is -2.57. The van der Waals surface area contributed by atoms with Crippen molar-refractivity contribution in [3.63, 3.8) is 0 Å². The second-order valence-corrected chi connectivity index (χ2v) is 4.69. The van der Waals surface area contributed by atoms with E-state index in [2.05, 4.69) is 15.4 Å². The standard InChI is InChI=1S/C13H18N6O/c1-18(2)13(20)9-4-5-11(10(14)6-9)15-7-12-16-8-19(3)17-12/h4-6,8,15H,7,14H2,1-3H3. The minimum Gasteiger partial charge on any atom is -0.397 e. The average molecular weight is 274 g/mol. The van der Waals surface area contributed by atoms with Crippen LogP contribution in [-0.2, 0) is 13.6 Å². The Morgan fingerprint density at radius 3 is 2.75 bits per heavy atom. The summed E-state index contributed by atoms with van der Waals surface area (Å²) >= 11 is 0. The van der Waals surface area contributed by atoms with Gasteiger partial charge in [-0.05, 0) is 18.2 Å². The van der Waals surface area contributed by atoms with Crippen LogP contribution >= 0.6 is 0 Å². The number of aryl methyl sites for hydroxylation is 1. The molecule has 106 valence electrons. The minimum absolute atomic E-state index is 0.0744. The Labute approximate surface area is 117 Å². The lowest BCUT2D eigenvalue weighted by atomic mass is 10.1. The number of hydrogen-bond donors (Lipinski definition) is 2. The molecule has 1 aromatic carbocycles. The van der Waals surface area contributed by atoms with Gasteiger partial charge in [0.2, 0.25) is 0 Å². The molecule has 2 rings (SSSR count). The summed E-state index contributed by atoms with van der Waals surface area (Å²) in [5.41, 5.74) is 7.79. The number of hydrogen-bond acceptors (Lipinski definition) is 5. The Bertz CT molecular complexity index is 619. The number of benzene rings is 1. The van der Waals surface area contributed by atoms with Crippen LogP contribution in [0.5, 0.6) is 0 Å². The van der Waals surface area contributed by atoms with E-state index in [0.29, 0.717) is 23.6 Å². The summed E-state index contributed by atoms with van der Waals surface area (Å²) in [5.74, 6) is 0.606. The van der Waals surface area contributed by atoms with Crippen LogP contribution in [0.4, 0.5) is 11.4 Å². The van der Waals surface area contributed by atoms with E-state index in [1.165, 1.54) is 4.90 Å². The quantitative estimate of drug-likeness (QED) is 0.802. The van der Waals surface area contributed by atoms with E-state index in [-0.39, 0.29) is 5.91 Å². The van der Waals surface area contributed by atoms with Gasteiger partial charge in [0.1, 0.15) is 6.33 Å². The zero-order chi connectivity index (χ0) is 14.7. The number of nitrogen functional groups attached to an aromatic ring is 1. The molecule has 0 saturated carbocycles. The zero-order valence-corrected chi connectivity index (χ0v) is 11.8. The molecule has 2 aromatic rings. The lowest BCUT2D eigenvalue weighted by Crippen LogP contribution is -2.21. The van der Waals surface area contributed by atoms with Crippen LogP contribution < -0.4 is 11.1 Å². The van der Waals surface area contributed by atoms with Crippen LogP contribution in [0.1, 0.15) is 16.2 Å². The van der Waals surface area contributed by atoms with Crippen LogP contribution in [0.25, 0.3) is 0 Å². The molecular formula is C13H18N6O. The monoisotopic (exact) mass is 274 g/mol. The predicted molar refractivity (Wildman–Crippen MR) is 77.2 cm³/mol. The number of nitrogens with one attached hydrogen (secondary N) is 1. The first-order chi connectivity index (χ1) is 9.47. The van der Waals surface area contributed by atoms with Crippen LogP contribution in [0, 0.1) is 0 Å². The van der Waals surface area contributed by atoms with E-state index in [0.717, 1.165) is 5.69 Å². The highest BCUT2D eigenvalue weighted by atomic mass is 16.2. The summed E-state index contributed by atoms with van der Waals surface area (Å²) in [7, 11) is 5.22. The molecule has 7 nitrogen and oxygen atoms in total. The van der Waals surface area contributed by atoms with E-state index >= 15 is 0 Å². The molecule has 0 aliphatic rings. The maximum Gasteiger partial charge on any atom is 0.253 e. The van der Waals surface area contributed by atoms with Gasteiger partial charge in [-0.3, -0.25) is 9.48 Å². The maximum absolute atomic E-state index is 11.8. The molecule has 1 amide bonds. The third-order valence-corrected chi connectivity index (χ3v) is 2.79. The van der Waals surface area contributed by atoms with Gasteiger partial charge in [-0.2, -0.15) is 5.10 Å². The Kier molecular flexibility index (Phi) is 3.88. The predicted octanol–water partition coefficient (Wildman–Crippen LogP) is 0.711. The summed E-state index contributed by atoms with van der Waals surface area (Å²) in [6.45, 7) is 0.478. The second-order valence-electron chi connectivity index (χ2n) is 4.69. The van der Waals surface area contributed by atoms with Crippen LogP contribution in [-0.4, -0.2) is 39.7 Å². The molecule has 1 aromatic heterocycles. The third kappa shape index (κ3) is 3.05. The molecule has 0 radical (unpaired) electrons. The van der Waals surface area contributed by atoms with Gasteiger partial charge in [0.15, 0.2) is 5.82 Å². The third-order valence-electron chi connectivity index (χ3n) is 2.79. The van der Waals surface area contributed by atoms with Gasteiger partial charge in [0.25, 0.3) is 5.91 Å². The molecule has 0 aliphatic carbocycles. The number of nitrogens with zero attached hydrogens (tertiary/aromatic N) is 4. The van der Waals surface area contributed by atoms with E-state index < -0.39 is 0 Å². The first-order valence-electron chi connectivity index (χ1n) is 6.17. The Balaban J connectivity index is 2.08. The van der Waals surface area contributed by atoms with Gasteiger partial charge in [-0.25, -0.2) is 4.98 Å². The number of carbonyl (C=O) groups is 1. The molecule has 0 fully saturated rings. The number of carbonyl (C=O) groups excluding carboxylic acids is 1. The van der Waals surface area contributed by atoms with Gasteiger partial charge in [0.05, 0.1) is 17.9 Å². The van der Waals surface area contributed by atoms with E-state index in [4.69, 9.17) is 5.73 Å². The number of amides is 1. The van der Waals surface area contributed by atoms with Crippen LogP contribution in [0.15, 0.2) is 24.5 Å². The molecule has 20 heavy (non-hydrogen) atoms. The van der Waals surface area contributed by atoms with Gasteiger partial charge in [-0.1, -0.05) is 0 Å². The lowest BCUT2D eigenvalue weighted by molar-refractivity contribution is 0.0827. The summed E-state index contributed by atoms with van der Waals surface area (Å²) in [5, 5.41) is 7.32. The van der Waals surface area contributed by atoms with Gasteiger partial charge in [-0.15, -0.1) is 0 Å². The molecule has 0 atom stereocenters. The van der Waals surface area contributed by atoms with Crippen molar-refractivity contribution in [1.29, 1.82) is 0 Å². The van der Waals surface area contributed by atoms with Crippen molar-refractivity contribution >= 4 is 17.3 Å². The van der Waals surface area contributed by atoms with E-state index in [9.17, 15) is 4.79 Å². The Morgan fingerprint density at radius 1 is 1.45 bits per heavy atom. The van der Waals surface area contributed by atoms with Crippen molar-refractivity contribution in [3.05, 3.63) is 35.9 Å². The molecule has 3 N–H and O–H groups in total. The van der Waals surface area contributed by atoms with Crippen molar-refractivity contribution < 1.29 is 4.79 Å². The molecule has 0 spiro atoms. The highest BCUT2D eigenvalue weighted by Crippen LogP contribution is 2.20. The molecule has 0 bridgehead atoms. The first-order valence-corrected chi connectivity index (χ1v) is 6.17. The smallest absolute Gasteiger partial charge is 0.253 e. The summed E-state index contributed by atoms with van der Waals surface area (Å²) in [6, 6.07) is 5.19. The largest absolute Gasteiger partial charge is 0.397 e. The van der Waals surface area contributed by atoms with Crippen molar-refractivity contribution in [3.8, 4) is 0 Å². The molecule has 0 aliphatic heterocycles. The number of rotatable bonds is 4. The highest BCUT2D eigenvalue weighted by Gasteiger charge is 2.10. The molecule has 7 heteroatoms. The Morgan fingerprint density at radius 2 is 2.20 bits per heavy atom.